The van der Waals surface area contributed by atoms with Crippen molar-refractivity contribution in [2.75, 3.05) is 3.11 Å². The fourth-order valence-corrected chi connectivity index (χ4v) is 2.61. The van der Waals surface area contributed by atoms with Gasteiger partial charge in [-0.15, -0.1) is 0 Å². The van der Waals surface area contributed by atoms with Gasteiger partial charge in [0.1, 0.15) is 0 Å². The third-order valence-corrected chi connectivity index (χ3v) is 4.31. The van der Waals surface area contributed by atoms with Crippen molar-refractivity contribution >= 4 is 34.6 Å². The summed E-state index contributed by atoms with van der Waals surface area (Å²) < 4.78 is 3.34. The van der Waals surface area contributed by atoms with Gasteiger partial charge in [-0.3, -0.25) is 0 Å². The van der Waals surface area contributed by atoms with Crippen LogP contribution < -0.4 is 8.43 Å². The Labute approximate surface area is 148 Å². The van der Waals surface area contributed by atoms with Gasteiger partial charge in [-0.1, -0.05) is 30.3 Å². The Morgan fingerprint density at radius 1 is 1.09 bits per heavy atom. The maximum absolute atomic E-state index is 12.2. The number of carbonyl (C=O) groups excluding carboxylic acids is 1. The molecule has 0 radical (unpaired) electrons. The van der Waals surface area contributed by atoms with Crippen LogP contribution in [0.4, 0.5) is 10.5 Å². The summed E-state index contributed by atoms with van der Waals surface area (Å²) in [5.74, 6) is 0. The first-order valence-corrected chi connectivity index (χ1v) is 8.08. The van der Waals surface area contributed by atoms with Gasteiger partial charge in [-0.2, -0.15) is 5.10 Å². The molecule has 6 heteroatoms. The van der Waals surface area contributed by atoms with E-state index in [1.807, 2.05) is 89.7 Å². The van der Waals surface area contributed by atoms with Crippen LogP contribution in [0.1, 0.15) is 5.56 Å². The Morgan fingerprint density at radius 3 is 2.48 bits per heavy atom. The molecule has 2 amide bonds. The van der Waals surface area contributed by atoms with Crippen molar-refractivity contribution in [3.63, 3.8) is 0 Å². The molecule has 0 aliphatic carbocycles. The molecule has 0 aliphatic rings. The third kappa shape index (κ3) is 3.89. The average molecular weight is 418 g/mol. The first-order chi connectivity index (χ1) is 11.2. The number of nitrogens with one attached hydrogen (secondary N) is 1. The van der Waals surface area contributed by atoms with Crippen LogP contribution in [0.2, 0.25) is 0 Å². The van der Waals surface area contributed by atoms with E-state index < -0.39 is 0 Å². The first kappa shape index (κ1) is 15.5. The van der Waals surface area contributed by atoms with Gasteiger partial charge in [0, 0.05) is 18.9 Å². The third-order valence-electron chi connectivity index (χ3n) is 3.31. The second-order valence-corrected chi connectivity index (χ2v) is 5.86. The maximum Gasteiger partial charge on any atom is 0.331 e. The molecular formula is C17H15IN4O. The molecule has 0 aliphatic heterocycles. The molecule has 0 atom stereocenters. The van der Waals surface area contributed by atoms with Crippen LogP contribution in [-0.2, 0) is 6.54 Å². The van der Waals surface area contributed by atoms with Crippen LogP contribution in [0, 0.1) is 0 Å². The first-order valence-electron chi connectivity index (χ1n) is 7.12. The number of benzene rings is 2. The predicted molar refractivity (Wildman–Crippen MR) is 98.7 cm³/mol. The molecule has 1 aromatic heterocycles. The van der Waals surface area contributed by atoms with Crippen molar-refractivity contribution in [1.82, 2.24) is 15.1 Å². The Balaban J connectivity index is 1.63. The number of urea groups is 1. The van der Waals surface area contributed by atoms with Gasteiger partial charge in [-0.05, 0) is 35.9 Å². The summed E-state index contributed by atoms with van der Waals surface area (Å²) in [6.45, 7) is 0.505. The van der Waals surface area contributed by atoms with Crippen molar-refractivity contribution in [1.29, 1.82) is 0 Å². The van der Waals surface area contributed by atoms with E-state index in [-0.39, 0.29) is 6.03 Å². The molecule has 1 N–H and O–H groups in total. The average Bonchev–Trinajstić information content (AvgIpc) is 3.15. The van der Waals surface area contributed by atoms with Crippen molar-refractivity contribution in [3.05, 3.63) is 78.6 Å². The van der Waals surface area contributed by atoms with Crippen LogP contribution in [0.5, 0.6) is 0 Å². The van der Waals surface area contributed by atoms with E-state index in [0.717, 1.165) is 16.9 Å². The molecule has 0 fully saturated rings. The monoisotopic (exact) mass is 418 g/mol. The lowest BCUT2D eigenvalue weighted by Gasteiger charge is -2.16. The van der Waals surface area contributed by atoms with Gasteiger partial charge in [-0.25, -0.2) is 12.6 Å². The van der Waals surface area contributed by atoms with Gasteiger partial charge in [0.05, 0.1) is 34.2 Å². The van der Waals surface area contributed by atoms with E-state index in [0.29, 0.717) is 6.54 Å². The lowest BCUT2D eigenvalue weighted by Crippen LogP contribution is -2.32. The van der Waals surface area contributed by atoms with E-state index in [2.05, 4.69) is 10.4 Å². The van der Waals surface area contributed by atoms with Crippen LogP contribution in [0.15, 0.2) is 73.1 Å². The molecule has 3 rings (SSSR count). The zero-order valence-electron chi connectivity index (χ0n) is 12.3. The second kappa shape index (κ2) is 7.28. The number of aromatic nitrogens is 2. The summed E-state index contributed by atoms with van der Waals surface area (Å²) in [4.78, 5) is 12.2. The highest BCUT2D eigenvalue weighted by Crippen LogP contribution is 2.20. The van der Waals surface area contributed by atoms with Gasteiger partial charge < -0.3 is 5.32 Å². The standard InChI is InChI=1S/C17H15IN4O/c18-22(17(23)19-13-14-5-2-1-3-6-14)16-9-7-15(8-10-16)21-12-4-11-20-21/h1-12H,13H2,(H,19,23). The van der Waals surface area contributed by atoms with Crippen molar-refractivity contribution in [3.8, 4) is 5.69 Å². The number of hydrogen-bond donors (Lipinski definition) is 1. The number of hydrogen-bond acceptors (Lipinski definition) is 2. The summed E-state index contributed by atoms with van der Waals surface area (Å²) in [7, 11) is 0. The minimum absolute atomic E-state index is 0.152. The molecule has 3 aromatic rings. The molecule has 5 nitrogen and oxygen atoms in total. The van der Waals surface area contributed by atoms with E-state index in [4.69, 9.17) is 0 Å². The number of amides is 2. The Bertz CT molecular complexity index is 757. The van der Waals surface area contributed by atoms with Crippen LogP contribution in [0.25, 0.3) is 5.69 Å². The normalized spacial score (nSPS) is 10.3. The van der Waals surface area contributed by atoms with Gasteiger partial charge in [0.2, 0.25) is 0 Å². The molecule has 0 spiro atoms. The minimum atomic E-state index is -0.152. The number of rotatable bonds is 4. The van der Waals surface area contributed by atoms with Gasteiger partial charge in [0.25, 0.3) is 0 Å². The quantitative estimate of drug-likeness (QED) is 0.516. The lowest BCUT2D eigenvalue weighted by molar-refractivity contribution is 0.250. The topological polar surface area (TPSA) is 50.2 Å². The largest absolute Gasteiger partial charge is 0.333 e. The fraction of sp³-hybridized carbons (Fsp3) is 0.0588. The lowest BCUT2D eigenvalue weighted by atomic mass is 10.2. The van der Waals surface area contributed by atoms with Crippen molar-refractivity contribution in [2.45, 2.75) is 6.54 Å². The predicted octanol–water partition coefficient (Wildman–Crippen LogP) is 3.94. The summed E-state index contributed by atoms with van der Waals surface area (Å²) in [6, 6.07) is 19.2. The molecule has 116 valence electrons. The van der Waals surface area contributed by atoms with E-state index in [1.165, 1.54) is 0 Å². The van der Waals surface area contributed by atoms with Gasteiger partial charge in [0.15, 0.2) is 0 Å². The number of nitrogens with zero attached hydrogens (tertiary/aromatic N) is 3. The molecule has 23 heavy (non-hydrogen) atoms. The van der Waals surface area contributed by atoms with Crippen LogP contribution in [0.3, 0.4) is 0 Å². The van der Waals surface area contributed by atoms with Crippen molar-refractivity contribution in [2.24, 2.45) is 0 Å². The van der Waals surface area contributed by atoms with Gasteiger partial charge >= 0.3 is 6.03 Å². The SMILES string of the molecule is O=C(NCc1ccccc1)N(I)c1ccc(-n2cccn2)cc1. The highest BCUT2D eigenvalue weighted by atomic mass is 127. The Hall–Kier alpha value is -2.35. The van der Waals surface area contributed by atoms with Crippen molar-refractivity contribution < 1.29 is 4.79 Å². The maximum atomic E-state index is 12.2. The zero-order valence-corrected chi connectivity index (χ0v) is 14.4. The highest BCUT2D eigenvalue weighted by molar-refractivity contribution is 14.1. The number of halogens is 1. The molecule has 2 aromatic carbocycles. The number of anilines is 1. The molecule has 0 saturated heterocycles. The van der Waals surface area contributed by atoms with E-state index in [1.54, 1.807) is 14.0 Å². The highest BCUT2D eigenvalue weighted by Gasteiger charge is 2.12. The minimum Gasteiger partial charge on any atom is -0.333 e. The smallest absolute Gasteiger partial charge is 0.331 e. The molecule has 0 unspecified atom stereocenters. The van der Waals surface area contributed by atoms with Crippen LogP contribution >= 0.6 is 22.9 Å². The second-order valence-electron chi connectivity index (χ2n) is 4.89. The summed E-state index contributed by atoms with van der Waals surface area (Å²) >= 11 is 2.00. The Morgan fingerprint density at radius 2 is 1.83 bits per heavy atom. The fourth-order valence-electron chi connectivity index (χ4n) is 2.12. The van der Waals surface area contributed by atoms with E-state index in [9.17, 15) is 4.79 Å². The summed E-state index contributed by atoms with van der Waals surface area (Å²) in [5.41, 5.74) is 2.83. The van der Waals surface area contributed by atoms with Crippen LogP contribution in [-0.4, -0.2) is 15.8 Å². The Kier molecular flexibility index (Phi) is 4.92. The molecule has 1 heterocycles. The molecule has 0 bridgehead atoms. The number of carbonyl (C=O) groups is 1. The van der Waals surface area contributed by atoms with E-state index >= 15 is 0 Å². The zero-order chi connectivity index (χ0) is 16.1. The molecule has 0 saturated carbocycles. The summed E-state index contributed by atoms with van der Waals surface area (Å²) in [6.07, 6.45) is 3.61. The summed E-state index contributed by atoms with van der Waals surface area (Å²) in [5, 5.41) is 7.08. The molecular weight excluding hydrogens is 403 g/mol.